The number of anilines is 1. The van der Waals surface area contributed by atoms with Crippen LogP contribution in [0.15, 0.2) is 47.6 Å². The summed E-state index contributed by atoms with van der Waals surface area (Å²) in [5.74, 6) is 1.51. The highest BCUT2D eigenvalue weighted by Crippen LogP contribution is 2.21. The van der Waals surface area contributed by atoms with Gasteiger partial charge in [-0.05, 0) is 35.9 Å². The highest BCUT2D eigenvalue weighted by atomic mass is 19.4. The third-order valence-electron chi connectivity index (χ3n) is 4.86. The first-order valence-electron chi connectivity index (χ1n) is 9.87. The van der Waals surface area contributed by atoms with Crippen molar-refractivity contribution in [3.8, 4) is 11.6 Å². The molecule has 1 N–H and O–H groups in total. The minimum absolute atomic E-state index is 0.0558. The summed E-state index contributed by atoms with van der Waals surface area (Å²) in [5, 5.41) is 3.26. The Morgan fingerprint density at radius 2 is 1.84 bits per heavy atom. The summed E-state index contributed by atoms with van der Waals surface area (Å²) < 4.78 is 46.9. The molecule has 0 aliphatic carbocycles. The number of rotatable bonds is 6. The lowest BCUT2D eigenvalue weighted by Gasteiger charge is -2.37. The van der Waals surface area contributed by atoms with E-state index in [1.54, 1.807) is 20.2 Å². The standard InChI is InChI=1S/C21H26F3N5O2/c1-25-20(27-14-16-7-8-26-19(13-16)31-15-21(22,23)24)29-11-9-28(10-12-29)17-3-5-18(30-2)6-4-17/h3-8,13H,9-12,14-15H2,1-2H3,(H,25,27). The summed E-state index contributed by atoms with van der Waals surface area (Å²) in [6.07, 6.45) is -2.97. The molecule has 1 saturated heterocycles. The van der Waals surface area contributed by atoms with Gasteiger partial charge >= 0.3 is 6.18 Å². The first kappa shape index (κ1) is 22.5. The van der Waals surface area contributed by atoms with Gasteiger partial charge in [0, 0.05) is 57.7 Å². The zero-order valence-electron chi connectivity index (χ0n) is 17.5. The largest absolute Gasteiger partial charge is 0.497 e. The lowest BCUT2D eigenvalue weighted by atomic mass is 10.2. The quantitative estimate of drug-likeness (QED) is 0.554. The zero-order valence-corrected chi connectivity index (χ0v) is 17.5. The van der Waals surface area contributed by atoms with Gasteiger partial charge in [-0.2, -0.15) is 13.2 Å². The number of methoxy groups -OCH3 is 1. The summed E-state index contributed by atoms with van der Waals surface area (Å²) in [4.78, 5) is 12.6. The van der Waals surface area contributed by atoms with Crippen molar-refractivity contribution < 1.29 is 22.6 Å². The van der Waals surface area contributed by atoms with E-state index in [-0.39, 0.29) is 5.88 Å². The number of guanidine groups is 1. The van der Waals surface area contributed by atoms with Crippen molar-refractivity contribution in [3.05, 3.63) is 48.2 Å². The van der Waals surface area contributed by atoms with Gasteiger partial charge in [-0.15, -0.1) is 0 Å². The van der Waals surface area contributed by atoms with Gasteiger partial charge in [-0.3, -0.25) is 4.99 Å². The maximum absolute atomic E-state index is 12.3. The maximum atomic E-state index is 12.3. The molecule has 0 unspecified atom stereocenters. The van der Waals surface area contributed by atoms with Crippen LogP contribution in [0.4, 0.5) is 18.9 Å². The Morgan fingerprint density at radius 3 is 2.45 bits per heavy atom. The van der Waals surface area contributed by atoms with E-state index >= 15 is 0 Å². The van der Waals surface area contributed by atoms with Gasteiger partial charge in [0.05, 0.1) is 7.11 Å². The molecule has 0 radical (unpaired) electrons. The van der Waals surface area contributed by atoms with Crippen molar-refractivity contribution in [3.63, 3.8) is 0 Å². The van der Waals surface area contributed by atoms with Crippen molar-refractivity contribution in [1.29, 1.82) is 0 Å². The normalized spacial score (nSPS) is 15.1. The highest BCUT2D eigenvalue weighted by molar-refractivity contribution is 5.80. The molecule has 3 rings (SSSR count). The van der Waals surface area contributed by atoms with E-state index in [0.29, 0.717) is 6.54 Å². The Morgan fingerprint density at radius 1 is 1.13 bits per heavy atom. The second-order valence-corrected chi connectivity index (χ2v) is 6.98. The number of ether oxygens (including phenoxy) is 2. The van der Waals surface area contributed by atoms with E-state index < -0.39 is 12.8 Å². The maximum Gasteiger partial charge on any atom is 0.422 e. The molecule has 168 valence electrons. The van der Waals surface area contributed by atoms with Crippen molar-refractivity contribution in [2.75, 3.05) is 51.8 Å². The van der Waals surface area contributed by atoms with E-state index in [9.17, 15) is 13.2 Å². The van der Waals surface area contributed by atoms with Gasteiger partial charge in [-0.25, -0.2) is 4.98 Å². The molecule has 7 nitrogen and oxygen atoms in total. The molecular formula is C21H26F3N5O2. The Bertz CT molecular complexity index is 866. The molecule has 2 aromatic rings. The average Bonchev–Trinajstić information content (AvgIpc) is 2.78. The Hall–Kier alpha value is -3.17. The number of nitrogens with one attached hydrogen (secondary N) is 1. The Labute approximate surface area is 179 Å². The molecule has 2 heterocycles. The number of piperazine rings is 1. The van der Waals surface area contributed by atoms with E-state index in [1.165, 1.54) is 12.3 Å². The second-order valence-electron chi connectivity index (χ2n) is 6.98. The van der Waals surface area contributed by atoms with Crippen LogP contribution in [0.5, 0.6) is 11.6 Å². The third-order valence-corrected chi connectivity index (χ3v) is 4.86. The molecule has 0 spiro atoms. The first-order valence-corrected chi connectivity index (χ1v) is 9.87. The summed E-state index contributed by atoms with van der Waals surface area (Å²) in [6.45, 7) is 2.31. The molecule has 0 bridgehead atoms. The number of halogens is 3. The molecule has 1 fully saturated rings. The Kier molecular flexibility index (Phi) is 7.43. The fourth-order valence-corrected chi connectivity index (χ4v) is 3.28. The predicted octanol–water partition coefficient (Wildman–Crippen LogP) is 2.93. The number of aliphatic imine (C=N–C) groups is 1. The number of hydrogen-bond acceptors (Lipinski definition) is 5. The van der Waals surface area contributed by atoms with Crippen LogP contribution in [-0.2, 0) is 6.54 Å². The van der Waals surface area contributed by atoms with E-state index in [4.69, 9.17) is 9.47 Å². The molecule has 1 aliphatic rings. The first-order chi connectivity index (χ1) is 14.9. The van der Waals surface area contributed by atoms with Gasteiger partial charge in [-0.1, -0.05) is 0 Å². The van der Waals surface area contributed by atoms with Crippen LogP contribution in [0.25, 0.3) is 0 Å². The van der Waals surface area contributed by atoms with Crippen LogP contribution < -0.4 is 19.7 Å². The van der Waals surface area contributed by atoms with Gasteiger partial charge in [0.2, 0.25) is 5.88 Å². The minimum Gasteiger partial charge on any atom is -0.497 e. The lowest BCUT2D eigenvalue weighted by Crippen LogP contribution is -2.52. The van der Waals surface area contributed by atoms with Crippen LogP contribution in [0.3, 0.4) is 0 Å². The number of nitrogens with zero attached hydrogens (tertiary/aromatic N) is 4. The number of hydrogen-bond donors (Lipinski definition) is 1. The van der Waals surface area contributed by atoms with Crippen LogP contribution in [0.1, 0.15) is 5.56 Å². The SMILES string of the molecule is CN=C(NCc1ccnc(OCC(F)(F)F)c1)N1CCN(c2ccc(OC)cc2)CC1. The van der Waals surface area contributed by atoms with Crippen LogP contribution in [-0.4, -0.2) is 69.0 Å². The molecule has 0 amide bonds. The van der Waals surface area contributed by atoms with E-state index in [0.717, 1.165) is 49.1 Å². The summed E-state index contributed by atoms with van der Waals surface area (Å²) in [7, 11) is 3.36. The fourth-order valence-electron chi connectivity index (χ4n) is 3.28. The van der Waals surface area contributed by atoms with Crippen LogP contribution in [0.2, 0.25) is 0 Å². The van der Waals surface area contributed by atoms with Gasteiger partial charge in [0.25, 0.3) is 0 Å². The highest BCUT2D eigenvalue weighted by Gasteiger charge is 2.28. The topological polar surface area (TPSA) is 62.2 Å². The molecule has 31 heavy (non-hydrogen) atoms. The third kappa shape index (κ3) is 6.66. The van der Waals surface area contributed by atoms with Crippen LogP contribution in [0, 0.1) is 0 Å². The monoisotopic (exact) mass is 437 g/mol. The van der Waals surface area contributed by atoms with Crippen molar-refractivity contribution in [1.82, 2.24) is 15.2 Å². The molecular weight excluding hydrogens is 411 g/mol. The molecule has 10 heteroatoms. The fraction of sp³-hybridized carbons (Fsp3) is 0.429. The van der Waals surface area contributed by atoms with Gasteiger partial charge in [0.15, 0.2) is 12.6 Å². The molecule has 1 aliphatic heterocycles. The average molecular weight is 437 g/mol. The number of alkyl halides is 3. The minimum atomic E-state index is -4.40. The van der Waals surface area contributed by atoms with E-state index in [2.05, 4.69) is 25.1 Å². The van der Waals surface area contributed by atoms with Gasteiger partial charge in [0.1, 0.15) is 5.75 Å². The van der Waals surface area contributed by atoms with Crippen molar-refractivity contribution in [2.24, 2.45) is 4.99 Å². The Balaban J connectivity index is 1.51. The zero-order chi connectivity index (χ0) is 22.3. The van der Waals surface area contributed by atoms with Crippen LogP contribution >= 0.6 is 0 Å². The summed E-state index contributed by atoms with van der Waals surface area (Å²) in [5.41, 5.74) is 1.90. The smallest absolute Gasteiger partial charge is 0.422 e. The molecule has 0 atom stereocenters. The van der Waals surface area contributed by atoms with Crippen molar-refractivity contribution in [2.45, 2.75) is 12.7 Å². The molecule has 1 aromatic carbocycles. The summed E-state index contributed by atoms with van der Waals surface area (Å²) in [6, 6.07) is 11.2. The summed E-state index contributed by atoms with van der Waals surface area (Å²) >= 11 is 0. The number of aromatic nitrogens is 1. The predicted molar refractivity (Wildman–Crippen MR) is 113 cm³/mol. The lowest BCUT2D eigenvalue weighted by molar-refractivity contribution is -0.154. The van der Waals surface area contributed by atoms with Gasteiger partial charge < -0.3 is 24.6 Å². The molecule has 0 saturated carbocycles. The second kappa shape index (κ2) is 10.2. The number of benzene rings is 1. The van der Waals surface area contributed by atoms with Crippen molar-refractivity contribution >= 4 is 11.6 Å². The van der Waals surface area contributed by atoms with E-state index in [1.807, 2.05) is 24.3 Å². The molecule has 1 aromatic heterocycles. The number of pyridine rings is 1.